The maximum absolute atomic E-state index is 13.0. The molecule has 15 heavy (non-hydrogen) atoms. The number of halogens is 2. The summed E-state index contributed by atoms with van der Waals surface area (Å²) in [5.41, 5.74) is 1.39. The fourth-order valence-corrected chi connectivity index (χ4v) is 1.86. The number of nitrogens with one attached hydrogen (secondary N) is 1. The van der Waals surface area contributed by atoms with Crippen LogP contribution in [0.25, 0.3) is 0 Å². The van der Waals surface area contributed by atoms with Crippen LogP contribution in [0.4, 0.5) is 4.39 Å². The van der Waals surface area contributed by atoms with Gasteiger partial charge in [-0.15, -0.1) is 0 Å². The van der Waals surface area contributed by atoms with E-state index < -0.39 is 0 Å². The summed E-state index contributed by atoms with van der Waals surface area (Å²) in [7, 11) is 0. The van der Waals surface area contributed by atoms with Crippen molar-refractivity contribution in [3.63, 3.8) is 0 Å². The van der Waals surface area contributed by atoms with Gasteiger partial charge >= 0.3 is 0 Å². The Balaban J connectivity index is 1.87. The van der Waals surface area contributed by atoms with E-state index in [-0.39, 0.29) is 5.82 Å². The summed E-state index contributed by atoms with van der Waals surface area (Å²) in [6.45, 7) is 3.95. The Morgan fingerprint density at radius 3 is 2.73 bits per heavy atom. The molecule has 0 aliphatic heterocycles. The zero-order valence-electron chi connectivity index (χ0n) is 8.82. The van der Waals surface area contributed by atoms with E-state index in [0.29, 0.717) is 17.0 Å². The fraction of sp³-hybridized carbons (Fsp3) is 0.500. The first-order valence-corrected chi connectivity index (χ1v) is 5.61. The molecular weight excluding hydrogens is 213 g/mol. The fourth-order valence-electron chi connectivity index (χ4n) is 1.61. The highest BCUT2D eigenvalue weighted by Crippen LogP contribution is 2.44. The molecule has 0 radical (unpaired) electrons. The zero-order chi connectivity index (χ0) is 10.9. The molecule has 0 heterocycles. The van der Waals surface area contributed by atoms with Crippen molar-refractivity contribution in [1.29, 1.82) is 0 Å². The number of hydrogen-bond donors (Lipinski definition) is 1. The Kier molecular flexibility index (Phi) is 2.98. The van der Waals surface area contributed by atoms with E-state index in [1.54, 1.807) is 6.07 Å². The molecule has 1 aliphatic rings. The van der Waals surface area contributed by atoms with Crippen molar-refractivity contribution in [3.05, 3.63) is 34.6 Å². The van der Waals surface area contributed by atoms with Crippen LogP contribution >= 0.6 is 11.6 Å². The lowest BCUT2D eigenvalue weighted by Crippen LogP contribution is -2.21. The molecule has 3 heteroatoms. The summed E-state index contributed by atoms with van der Waals surface area (Å²) in [5.74, 6) is -0.267. The molecule has 82 valence electrons. The van der Waals surface area contributed by atoms with Crippen LogP contribution < -0.4 is 5.32 Å². The van der Waals surface area contributed by atoms with Gasteiger partial charge in [-0.25, -0.2) is 4.39 Å². The number of benzene rings is 1. The maximum Gasteiger partial charge on any atom is 0.125 e. The third kappa shape index (κ3) is 3.18. The third-order valence-corrected chi connectivity index (χ3v) is 3.13. The van der Waals surface area contributed by atoms with Crippen LogP contribution in [0.2, 0.25) is 5.02 Å². The lowest BCUT2D eigenvalue weighted by atomic mass is 10.1. The van der Waals surface area contributed by atoms with E-state index in [2.05, 4.69) is 12.2 Å². The lowest BCUT2D eigenvalue weighted by molar-refractivity contribution is 0.498. The number of hydrogen-bond acceptors (Lipinski definition) is 1. The highest BCUT2D eigenvalue weighted by Gasteiger charge is 2.36. The van der Waals surface area contributed by atoms with Crippen LogP contribution in [0, 0.1) is 11.2 Å². The lowest BCUT2D eigenvalue weighted by Gasteiger charge is -2.10. The van der Waals surface area contributed by atoms with Crippen molar-refractivity contribution in [2.24, 2.45) is 5.41 Å². The molecule has 1 aromatic carbocycles. The molecule has 0 spiro atoms. The molecule has 0 unspecified atom stereocenters. The Hall–Kier alpha value is -0.600. The van der Waals surface area contributed by atoms with Crippen LogP contribution in [0.5, 0.6) is 0 Å². The minimum absolute atomic E-state index is 0.267. The van der Waals surface area contributed by atoms with E-state index in [1.807, 2.05) is 0 Å². The molecule has 0 aromatic heterocycles. The Labute approximate surface area is 94.6 Å². The van der Waals surface area contributed by atoms with Gasteiger partial charge in [-0.3, -0.25) is 0 Å². The Morgan fingerprint density at radius 2 is 2.13 bits per heavy atom. The molecule has 2 rings (SSSR count). The Morgan fingerprint density at radius 1 is 1.40 bits per heavy atom. The molecule has 0 atom stereocenters. The summed E-state index contributed by atoms with van der Waals surface area (Å²) in [6, 6.07) is 4.65. The predicted molar refractivity (Wildman–Crippen MR) is 60.5 cm³/mol. The van der Waals surface area contributed by atoms with E-state index >= 15 is 0 Å². The normalized spacial score (nSPS) is 17.8. The summed E-state index contributed by atoms with van der Waals surface area (Å²) in [6.07, 6.45) is 2.59. The monoisotopic (exact) mass is 227 g/mol. The zero-order valence-corrected chi connectivity index (χ0v) is 9.57. The van der Waals surface area contributed by atoms with Gasteiger partial charge in [0.1, 0.15) is 5.82 Å². The van der Waals surface area contributed by atoms with Crippen LogP contribution in [-0.4, -0.2) is 6.54 Å². The smallest absolute Gasteiger partial charge is 0.125 e. The highest BCUT2D eigenvalue weighted by molar-refractivity contribution is 6.30. The van der Waals surface area contributed by atoms with E-state index in [9.17, 15) is 4.39 Å². The Bertz CT molecular complexity index is 340. The minimum Gasteiger partial charge on any atom is -0.312 e. The van der Waals surface area contributed by atoms with E-state index in [4.69, 9.17) is 11.6 Å². The van der Waals surface area contributed by atoms with Crippen molar-refractivity contribution in [2.45, 2.75) is 26.3 Å². The standard InChI is InChI=1S/C12H15ClFN/c1-12(2-3-12)8-15-7-9-4-10(13)6-11(14)5-9/h4-6,15H,2-3,7-8H2,1H3. The van der Waals surface area contributed by atoms with Crippen LogP contribution in [0.15, 0.2) is 18.2 Å². The van der Waals surface area contributed by atoms with Gasteiger partial charge in [-0.1, -0.05) is 18.5 Å². The third-order valence-electron chi connectivity index (χ3n) is 2.91. The molecule has 0 bridgehead atoms. The van der Waals surface area contributed by atoms with Crippen LogP contribution in [-0.2, 0) is 6.54 Å². The summed E-state index contributed by atoms with van der Waals surface area (Å²) >= 11 is 5.76. The van der Waals surface area contributed by atoms with Gasteiger partial charge in [0.15, 0.2) is 0 Å². The van der Waals surface area contributed by atoms with Crippen LogP contribution in [0.1, 0.15) is 25.3 Å². The van der Waals surface area contributed by atoms with Gasteiger partial charge in [0, 0.05) is 18.1 Å². The van der Waals surface area contributed by atoms with Crippen molar-refractivity contribution in [3.8, 4) is 0 Å². The quantitative estimate of drug-likeness (QED) is 0.832. The van der Waals surface area contributed by atoms with Gasteiger partial charge in [-0.05, 0) is 42.0 Å². The number of rotatable bonds is 4. The van der Waals surface area contributed by atoms with Crippen LogP contribution in [0.3, 0.4) is 0 Å². The van der Waals surface area contributed by atoms with Gasteiger partial charge in [0.2, 0.25) is 0 Å². The second kappa shape index (κ2) is 4.11. The maximum atomic E-state index is 13.0. The highest BCUT2D eigenvalue weighted by atomic mass is 35.5. The molecule has 1 saturated carbocycles. The van der Waals surface area contributed by atoms with E-state index in [0.717, 1.165) is 12.1 Å². The van der Waals surface area contributed by atoms with Crippen molar-refractivity contribution in [1.82, 2.24) is 5.32 Å². The SMILES string of the molecule is CC1(CNCc2cc(F)cc(Cl)c2)CC1. The molecule has 1 aliphatic carbocycles. The first-order chi connectivity index (χ1) is 7.07. The van der Waals surface area contributed by atoms with Gasteiger partial charge < -0.3 is 5.32 Å². The first kappa shape index (κ1) is 10.9. The van der Waals surface area contributed by atoms with E-state index in [1.165, 1.54) is 25.0 Å². The second-order valence-electron chi connectivity index (χ2n) is 4.69. The average molecular weight is 228 g/mol. The predicted octanol–water partition coefficient (Wildman–Crippen LogP) is 3.37. The van der Waals surface area contributed by atoms with Crippen molar-refractivity contribution in [2.75, 3.05) is 6.54 Å². The van der Waals surface area contributed by atoms with Gasteiger partial charge in [0.05, 0.1) is 0 Å². The van der Waals surface area contributed by atoms with Gasteiger partial charge in [0.25, 0.3) is 0 Å². The van der Waals surface area contributed by atoms with Crippen molar-refractivity contribution < 1.29 is 4.39 Å². The molecule has 0 amide bonds. The molecular formula is C12H15ClFN. The topological polar surface area (TPSA) is 12.0 Å². The summed E-state index contributed by atoms with van der Waals surface area (Å²) in [5, 5.41) is 3.80. The molecule has 1 N–H and O–H groups in total. The summed E-state index contributed by atoms with van der Waals surface area (Å²) in [4.78, 5) is 0. The largest absolute Gasteiger partial charge is 0.312 e. The molecule has 0 saturated heterocycles. The van der Waals surface area contributed by atoms with Gasteiger partial charge in [-0.2, -0.15) is 0 Å². The molecule has 1 nitrogen and oxygen atoms in total. The first-order valence-electron chi connectivity index (χ1n) is 5.23. The minimum atomic E-state index is -0.267. The summed E-state index contributed by atoms with van der Waals surface area (Å²) < 4.78 is 13.0. The molecule has 1 fully saturated rings. The second-order valence-corrected chi connectivity index (χ2v) is 5.13. The average Bonchev–Trinajstić information content (AvgIpc) is 2.82. The molecule has 1 aromatic rings. The van der Waals surface area contributed by atoms with Crippen molar-refractivity contribution >= 4 is 11.6 Å².